The number of halogens is 1. The van der Waals surface area contributed by atoms with E-state index in [1.165, 1.54) is 0 Å². The molecule has 1 heterocycles. The highest BCUT2D eigenvalue weighted by Gasteiger charge is 2.11. The van der Waals surface area contributed by atoms with Gasteiger partial charge in [-0.2, -0.15) is 5.10 Å². The lowest BCUT2D eigenvalue weighted by Crippen LogP contribution is -2.23. The molecule has 0 aliphatic heterocycles. The molecule has 6 heteroatoms. The van der Waals surface area contributed by atoms with Crippen LogP contribution in [0.5, 0.6) is 5.75 Å². The fourth-order valence-corrected chi connectivity index (χ4v) is 2.57. The molecule has 0 saturated carbocycles. The van der Waals surface area contributed by atoms with E-state index in [4.69, 9.17) is 16.3 Å². The van der Waals surface area contributed by atoms with Crippen LogP contribution >= 0.6 is 11.6 Å². The van der Waals surface area contributed by atoms with Gasteiger partial charge in [-0.15, -0.1) is 0 Å². The lowest BCUT2D eigenvalue weighted by molar-refractivity contribution is 0.0946. The van der Waals surface area contributed by atoms with E-state index < -0.39 is 0 Å². The molecular weight excluding hydrogens is 350 g/mol. The summed E-state index contributed by atoms with van der Waals surface area (Å²) < 4.78 is 5.61. The topological polar surface area (TPSA) is 67.0 Å². The average Bonchev–Trinajstić information content (AvgIpc) is 3.11. The fourth-order valence-electron chi connectivity index (χ4n) is 2.44. The number of aromatic amines is 1. The van der Waals surface area contributed by atoms with E-state index in [1.54, 1.807) is 18.2 Å². The van der Waals surface area contributed by atoms with E-state index in [2.05, 4.69) is 15.5 Å². The minimum absolute atomic E-state index is 0.135. The Morgan fingerprint density at radius 1 is 1.15 bits per heavy atom. The summed E-state index contributed by atoms with van der Waals surface area (Å²) in [5.74, 6) is 0.608. The standard InChI is InChI=1S/C20H20ClN3O2/c1-13(2)26-17-9-3-14(4-10-17)12-22-20(25)19-11-18(23-24-19)15-5-7-16(21)8-6-15/h3-11,13H,12H2,1-2H3,(H,22,25)(H,23,24). The van der Waals surface area contributed by atoms with Gasteiger partial charge in [0.25, 0.3) is 5.91 Å². The Morgan fingerprint density at radius 3 is 2.50 bits per heavy atom. The zero-order valence-electron chi connectivity index (χ0n) is 14.6. The molecule has 5 nitrogen and oxygen atoms in total. The molecule has 0 saturated heterocycles. The Kier molecular flexibility index (Phi) is 5.58. The highest BCUT2D eigenvalue weighted by atomic mass is 35.5. The quantitative estimate of drug-likeness (QED) is 0.674. The fraction of sp³-hybridized carbons (Fsp3) is 0.200. The van der Waals surface area contributed by atoms with Crippen LogP contribution in [0.1, 0.15) is 29.9 Å². The largest absolute Gasteiger partial charge is 0.491 e. The average molecular weight is 370 g/mol. The molecule has 0 aliphatic rings. The molecule has 0 aliphatic carbocycles. The molecule has 0 radical (unpaired) electrons. The Hall–Kier alpha value is -2.79. The van der Waals surface area contributed by atoms with Crippen LogP contribution in [-0.4, -0.2) is 22.2 Å². The van der Waals surface area contributed by atoms with Crippen molar-refractivity contribution in [2.24, 2.45) is 0 Å². The first-order valence-corrected chi connectivity index (χ1v) is 8.74. The van der Waals surface area contributed by atoms with Gasteiger partial charge in [-0.1, -0.05) is 35.9 Å². The zero-order valence-corrected chi connectivity index (χ0v) is 15.4. The summed E-state index contributed by atoms with van der Waals surface area (Å²) in [7, 11) is 0. The number of carbonyl (C=O) groups is 1. The first-order valence-electron chi connectivity index (χ1n) is 8.36. The summed E-state index contributed by atoms with van der Waals surface area (Å²) in [5, 5.41) is 10.5. The number of nitrogens with one attached hydrogen (secondary N) is 2. The Bertz CT molecular complexity index is 871. The third-order valence-corrected chi connectivity index (χ3v) is 3.96. The molecule has 0 bridgehead atoms. The van der Waals surface area contributed by atoms with Crippen LogP contribution in [0.4, 0.5) is 0 Å². The molecule has 26 heavy (non-hydrogen) atoms. The van der Waals surface area contributed by atoms with Gasteiger partial charge in [-0.05, 0) is 49.7 Å². The Labute approximate surface area is 157 Å². The highest BCUT2D eigenvalue weighted by Crippen LogP contribution is 2.20. The molecule has 0 fully saturated rings. The number of nitrogens with zero attached hydrogens (tertiary/aromatic N) is 1. The van der Waals surface area contributed by atoms with E-state index in [0.29, 0.717) is 23.0 Å². The number of rotatable bonds is 6. The highest BCUT2D eigenvalue weighted by molar-refractivity contribution is 6.30. The molecule has 2 N–H and O–H groups in total. The Morgan fingerprint density at radius 2 is 1.85 bits per heavy atom. The van der Waals surface area contributed by atoms with Crippen LogP contribution in [0.15, 0.2) is 54.6 Å². The molecule has 2 aromatic carbocycles. The predicted octanol–water partition coefficient (Wildman–Crippen LogP) is 4.45. The summed E-state index contributed by atoms with van der Waals surface area (Å²) in [5.41, 5.74) is 2.99. The smallest absolute Gasteiger partial charge is 0.269 e. The van der Waals surface area contributed by atoms with Gasteiger partial charge in [-0.3, -0.25) is 9.89 Å². The van der Waals surface area contributed by atoms with Gasteiger partial charge in [0.2, 0.25) is 0 Å². The molecule has 3 aromatic rings. The summed E-state index contributed by atoms with van der Waals surface area (Å²) in [6.45, 7) is 4.39. The molecular formula is C20H20ClN3O2. The summed E-state index contributed by atoms with van der Waals surface area (Å²) >= 11 is 5.89. The molecule has 3 rings (SSSR count). The second kappa shape index (κ2) is 8.06. The number of ether oxygens (including phenoxy) is 1. The summed E-state index contributed by atoms with van der Waals surface area (Å²) in [4.78, 5) is 12.3. The molecule has 1 aromatic heterocycles. The third kappa shape index (κ3) is 4.64. The van der Waals surface area contributed by atoms with E-state index in [9.17, 15) is 4.79 Å². The number of amides is 1. The summed E-state index contributed by atoms with van der Waals surface area (Å²) in [6.07, 6.45) is 0.135. The first kappa shape index (κ1) is 18.0. The monoisotopic (exact) mass is 369 g/mol. The lowest BCUT2D eigenvalue weighted by Gasteiger charge is -2.10. The number of carbonyl (C=O) groups excluding carboxylic acids is 1. The molecule has 1 amide bonds. The van der Waals surface area contributed by atoms with E-state index in [0.717, 1.165) is 16.9 Å². The molecule has 0 atom stereocenters. The van der Waals surface area contributed by atoms with Gasteiger partial charge in [0.1, 0.15) is 11.4 Å². The number of aromatic nitrogens is 2. The van der Waals surface area contributed by atoms with E-state index >= 15 is 0 Å². The van der Waals surface area contributed by atoms with E-state index in [-0.39, 0.29) is 12.0 Å². The lowest BCUT2D eigenvalue weighted by atomic mass is 10.1. The van der Waals surface area contributed by atoms with Crippen molar-refractivity contribution in [3.8, 4) is 17.0 Å². The predicted molar refractivity (Wildman–Crippen MR) is 102 cm³/mol. The van der Waals surface area contributed by atoms with Gasteiger partial charge >= 0.3 is 0 Å². The van der Waals surface area contributed by atoms with Gasteiger partial charge in [0.15, 0.2) is 0 Å². The number of H-pyrrole nitrogens is 1. The van der Waals surface area contributed by atoms with Gasteiger partial charge in [-0.25, -0.2) is 0 Å². The van der Waals surface area contributed by atoms with Crippen LogP contribution in [0, 0.1) is 0 Å². The van der Waals surface area contributed by atoms with Crippen molar-refractivity contribution >= 4 is 17.5 Å². The molecule has 0 unspecified atom stereocenters. The zero-order chi connectivity index (χ0) is 18.5. The van der Waals surface area contributed by atoms with Crippen molar-refractivity contribution in [3.05, 3.63) is 70.9 Å². The molecule has 0 spiro atoms. The van der Waals surface area contributed by atoms with Crippen molar-refractivity contribution in [1.29, 1.82) is 0 Å². The SMILES string of the molecule is CC(C)Oc1ccc(CNC(=O)c2cc(-c3ccc(Cl)cc3)n[nH]2)cc1. The van der Waals surface area contributed by atoms with Crippen LogP contribution < -0.4 is 10.1 Å². The maximum absolute atomic E-state index is 12.3. The summed E-state index contributed by atoms with van der Waals surface area (Å²) in [6, 6.07) is 16.7. The molecule has 134 valence electrons. The van der Waals surface area contributed by atoms with Crippen molar-refractivity contribution in [3.63, 3.8) is 0 Å². The number of benzene rings is 2. The maximum atomic E-state index is 12.3. The van der Waals surface area contributed by atoms with Crippen LogP contribution in [0.3, 0.4) is 0 Å². The van der Waals surface area contributed by atoms with Crippen molar-refractivity contribution < 1.29 is 9.53 Å². The van der Waals surface area contributed by atoms with Crippen molar-refractivity contribution in [1.82, 2.24) is 15.5 Å². The van der Waals surface area contributed by atoms with Crippen LogP contribution in [0.25, 0.3) is 11.3 Å². The maximum Gasteiger partial charge on any atom is 0.269 e. The first-order chi connectivity index (χ1) is 12.5. The van der Waals surface area contributed by atoms with Crippen molar-refractivity contribution in [2.45, 2.75) is 26.5 Å². The normalized spacial score (nSPS) is 10.8. The second-order valence-electron chi connectivity index (χ2n) is 6.17. The van der Waals surface area contributed by atoms with Crippen molar-refractivity contribution in [2.75, 3.05) is 0 Å². The number of hydrogen-bond acceptors (Lipinski definition) is 3. The minimum atomic E-state index is -0.208. The van der Waals surface area contributed by atoms with Gasteiger partial charge < -0.3 is 10.1 Å². The van der Waals surface area contributed by atoms with Gasteiger partial charge in [0.05, 0.1) is 11.8 Å². The third-order valence-electron chi connectivity index (χ3n) is 3.71. The van der Waals surface area contributed by atoms with Crippen LogP contribution in [0.2, 0.25) is 5.02 Å². The number of hydrogen-bond donors (Lipinski definition) is 2. The Balaban J connectivity index is 1.59. The van der Waals surface area contributed by atoms with Crippen LogP contribution in [-0.2, 0) is 6.54 Å². The minimum Gasteiger partial charge on any atom is -0.491 e. The van der Waals surface area contributed by atoms with Gasteiger partial charge in [0, 0.05) is 17.1 Å². The second-order valence-corrected chi connectivity index (χ2v) is 6.60. The van der Waals surface area contributed by atoms with E-state index in [1.807, 2.05) is 50.2 Å².